The highest BCUT2D eigenvalue weighted by molar-refractivity contribution is 5.95. The van der Waals surface area contributed by atoms with E-state index in [1.807, 2.05) is 20.8 Å². The van der Waals surface area contributed by atoms with Crippen LogP contribution in [0.5, 0.6) is 0 Å². The number of rotatable bonds is 2. The number of anilines is 1. The van der Waals surface area contributed by atoms with Crippen LogP contribution in [0.15, 0.2) is 34.3 Å². The van der Waals surface area contributed by atoms with Crippen molar-refractivity contribution in [3.63, 3.8) is 0 Å². The molecule has 1 rings (SSSR count). The number of guanidine groups is 2. The molecule has 0 radical (unpaired) electrons. The Morgan fingerprint density at radius 2 is 1.65 bits per heavy atom. The molecule has 0 saturated heterocycles. The fourth-order valence-electron chi connectivity index (χ4n) is 1.23. The van der Waals surface area contributed by atoms with Gasteiger partial charge in [-0.25, -0.2) is 4.99 Å². The second-order valence-electron chi connectivity index (χ2n) is 5.26. The number of hydrogen-bond acceptors (Lipinski definition) is 2. The number of benzene rings is 1. The SMILES string of the molecule is CC(C)(C)C(=O)Nc1ccc(N=C(N)N=C(N)N)cc1. The molecule has 0 unspecified atom stereocenters. The van der Waals surface area contributed by atoms with E-state index in [4.69, 9.17) is 17.2 Å². The van der Waals surface area contributed by atoms with Crippen LogP contribution in [-0.2, 0) is 4.79 Å². The number of nitrogens with two attached hydrogens (primary N) is 3. The van der Waals surface area contributed by atoms with Gasteiger partial charge in [-0.3, -0.25) is 4.79 Å². The Bertz CT molecular complexity index is 535. The minimum Gasteiger partial charge on any atom is -0.370 e. The average molecular weight is 276 g/mol. The van der Waals surface area contributed by atoms with E-state index in [2.05, 4.69) is 15.3 Å². The van der Waals surface area contributed by atoms with Crippen molar-refractivity contribution in [3.8, 4) is 0 Å². The molecule has 0 heterocycles. The van der Waals surface area contributed by atoms with Crippen LogP contribution in [0.25, 0.3) is 0 Å². The number of amides is 1. The van der Waals surface area contributed by atoms with Gasteiger partial charge in [0.2, 0.25) is 11.9 Å². The van der Waals surface area contributed by atoms with E-state index in [1.165, 1.54) is 0 Å². The molecular formula is C13H20N6O. The molecule has 0 atom stereocenters. The van der Waals surface area contributed by atoms with Crippen molar-refractivity contribution in [2.24, 2.45) is 32.6 Å². The molecule has 7 nitrogen and oxygen atoms in total. The third-order valence-electron chi connectivity index (χ3n) is 2.29. The number of nitrogens with one attached hydrogen (secondary N) is 1. The zero-order valence-electron chi connectivity index (χ0n) is 11.8. The van der Waals surface area contributed by atoms with Crippen LogP contribution in [-0.4, -0.2) is 17.8 Å². The van der Waals surface area contributed by atoms with Gasteiger partial charge in [0.25, 0.3) is 0 Å². The molecule has 0 aliphatic carbocycles. The molecule has 0 aliphatic rings. The summed E-state index contributed by atoms with van der Waals surface area (Å²) in [6.07, 6.45) is 0. The third kappa shape index (κ3) is 4.97. The Hall–Kier alpha value is -2.57. The minimum atomic E-state index is -0.450. The number of carbonyl (C=O) groups excluding carboxylic acids is 1. The summed E-state index contributed by atoms with van der Waals surface area (Å²) < 4.78 is 0. The lowest BCUT2D eigenvalue weighted by atomic mass is 9.95. The van der Waals surface area contributed by atoms with Crippen LogP contribution < -0.4 is 22.5 Å². The Labute approximate surface area is 118 Å². The molecule has 7 N–H and O–H groups in total. The van der Waals surface area contributed by atoms with Crippen LogP contribution in [0.4, 0.5) is 11.4 Å². The zero-order valence-corrected chi connectivity index (χ0v) is 11.8. The molecule has 0 spiro atoms. The molecule has 0 fully saturated rings. The first-order valence-corrected chi connectivity index (χ1v) is 6.04. The van der Waals surface area contributed by atoms with E-state index in [0.29, 0.717) is 11.4 Å². The molecule has 0 aliphatic heterocycles. The van der Waals surface area contributed by atoms with Gasteiger partial charge in [-0.05, 0) is 24.3 Å². The number of carbonyl (C=O) groups is 1. The van der Waals surface area contributed by atoms with E-state index >= 15 is 0 Å². The normalized spacial score (nSPS) is 11.8. The Morgan fingerprint density at radius 3 is 2.10 bits per heavy atom. The van der Waals surface area contributed by atoms with E-state index < -0.39 is 5.41 Å². The monoisotopic (exact) mass is 276 g/mol. The molecular weight excluding hydrogens is 256 g/mol. The summed E-state index contributed by atoms with van der Waals surface area (Å²) in [5, 5.41) is 2.81. The van der Waals surface area contributed by atoms with Gasteiger partial charge in [0.05, 0.1) is 5.69 Å². The zero-order chi connectivity index (χ0) is 15.3. The first-order valence-electron chi connectivity index (χ1n) is 6.04. The molecule has 1 aromatic rings. The quantitative estimate of drug-likeness (QED) is 0.471. The lowest BCUT2D eigenvalue weighted by Gasteiger charge is -2.17. The summed E-state index contributed by atoms with van der Waals surface area (Å²) in [6, 6.07) is 6.86. The molecule has 108 valence electrons. The van der Waals surface area contributed by atoms with Crippen molar-refractivity contribution in [3.05, 3.63) is 24.3 Å². The summed E-state index contributed by atoms with van der Waals surface area (Å²) in [5.41, 5.74) is 16.7. The van der Waals surface area contributed by atoms with Gasteiger partial charge < -0.3 is 22.5 Å². The van der Waals surface area contributed by atoms with Crippen LogP contribution >= 0.6 is 0 Å². The summed E-state index contributed by atoms with van der Waals surface area (Å²) >= 11 is 0. The van der Waals surface area contributed by atoms with Gasteiger partial charge in [0, 0.05) is 11.1 Å². The van der Waals surface area contributed by atoms with E-state index in [9.17, 15) is 4.79 Å². The summed E-state index contributed by atoms with van der Waals surface area (Å²) in [4.78, 5) is 19.4. The molecule has 7 heteroatoms. The summed E-state index contributed by atoms with van der Waals surface area (Å²) in [6.45, 7) is 5.53. The molecule has 0 saturated carbocycles. The van der Waals surface area contributed by atoms with Gasteiger partial charge in [0.15, 0.2) is 5.96 Å². The lowest BCUT2D eigenvalue weighted by molar-refractivity contribution is -0.123. The smallest absolute Gasteiger partial charge is 0.229 e. The topological polar surface area (TPSA) is 132 Å². The minimum absolute atomic E-state index is 0.0310. The molecule has 1 amide bonds. The first-order chi connectivity index (χ1) is 9.18. The second kappa shape index (κ2) is 6.05. The number of nitrogens with zero attached hydrogens (tertiary/aromatic N) is 2. The molecule has 20 heavy (non-hydrogen) atoms. The van der Waals surface area contributed by atoms with Gasteiger partial charge >= 0.3 is 0 Å². The van der Waals surface area contributed by atoms with E-state index in [-0.39, 0.29) is 17.8 Å². The lowest BCUT2D eigenvalue weighted by Crippen LogP contribution is -2.27. The average Bonchev–Trinajstić information content (AvgIpc) is 2.29. The van der Waals surface area contributed by atoms with Crippen molar-refractivity contribution in [2.45, 2.75) is 20.8 Å². The van der Waals surface area contributed by atoms with Crippen molar-refractivity contribution in [2.75, 3.05) is 5.32 Å². The summed E-state index contributed by atoms with van der Waals surface area (Å²) in [5.74, 6) is -0.245. The van der Waals surface area contributed by atoms with Crippen LogP contribution in [0.1, 0.15) is 20.8 Å². The largest absolute Gasteiger partial charge is 0.370 e. The van der Waals surface area contributed by atoms with Crippen LogP contribution in [0.2, 0.25) is 0 Å². The molecule has 1 aromatic carbocycles. The maximum atomic E-state index is 11.8. The van der Waals surface area contributed by atoms with Crippen molar-refractivity contribution >= 4 is 29.2 Å². The van der Waals surface area contributed by atoms with E-state index in [0.717, 1.165) is 0 Å². The van der Waals surface area contributed by atoms with Gasteiger partial charge in [0.1, 0.15) is 0 Å². The fourth-order valence-corrected chi connectivity index (χ4v) is 1.23. The van der Waals surface area contributed by atoms with Gasteiger partial charge in [-0.15, -0.1) is 0 Å². The Morgan fingerprint density at radius 1 is 1.10 bits per heavy atom. The Kier molecular flexibility index (Phi) is 4.68. The van der Waals surface area contributed by atoms with E-state index in [1.54, 1.807) is 24.3 Å². The van der Waals surface area contributed by atoms with Crippen molar-refractivity contribution < 1.29 is 4.79 Å². The van der Waals surface area contributed by atoms with Gasteiger partial charge in [-0.2, -0.15) is 4.99 Å². The van der Waals surface area contributed by atoms with Crippen molar-refractivity contribution in [1.82, 2.24) is 0 Å². The van der Waals surface area contributed by atoms with Crippen LogP contribution in [0.3, 0.4) is 0 Å². The fraction of sp³-hybridized carbons (Fsp3) is 0.308. The first kappa shape index (κ1) is 15.5. The highest BCUT2D eigenvalue weighted by Gasteiger charge is 2.20. The number of hydrogen-bond donors (Lipinski definition) is 4. The van der Waals surface area contributed by atoms with Crippen molar-refractivity contribution in [1.29, 1.82) is 0 Å². The second-order valence-corrected chi connectivity index (χ2v) is 5.26. The predicted molar refractivity (Wildman–Crippen MR) is 81.6 cm³/mol. The highest BCUT2D eigenvalue weighted by atomic mass is 16.2. The van der Waals surface area contributed by atoms with Gasteiger partial charge in [-0.1, -0.05) is 20.8 Å². The summed E-state index contributed by atoms with van der Waals surface area (Å²) in [7, 11) is 0. The van der Waals surface area contributed by atoms with Crippen LogP contribution in [0, 0.1) is 5.41 Å². The standard InChI is InChI=1S/C13H20N6O/c1-13(2,3)10(20)17-8-4-6-9(7-5-8)18-12(16)19-11(14)15/h4-7H,1-3H3,(H,17,20)(H6,14,15,16,18,19). The maximum Gasteiger partial charge on any atom is 0.229 e. The number of aliphatic imine (C=N–C) groups is 2. The molecule has 0 aromatic heterocycles. The third-order valence-corrected chi connectivity index (χ3v) is 2.29. The highest BCUT2D eigenvalue weighted by Crippen LogP contribution is 2.20. The predicted octanol–water partition coefficient (Wildman–Crippen LogP) is 0.891. The maximum absolute atomic E-state index is 11.8. The Balaban J connectivity index is 2.80. The molecule has 0 bridgehead atoms.